The fraction of sp³-hybridized carbons (Fsp3) is 0.250. The summed E-state index contributed by atoms with van der Waals surface area (Å²) >= 11 is 1.89. The average Bonchev–Trinajstić information content (AvgIpc) is 3.30. The lowest BCUT2D eigenvalue weighted by Crippen LogP contribution is -2.42. The van der Waals surface area contributed by atoms with E-state index in [1.165, 1.54) is 44.1 Å². The molecule has 5 nitrogen and oxygen atoms in total. The fourth-order valence-corrected chi connectivity index (χ4v) is 6.66. The molecule has 0 atom stereocenters. The molecule has 192 valence electrons. The first-order chi connectivity index (χ1) is 18.5. The van der Waals surface area contributed by atoms with E-state index in [0.29, 0.717) is 5.84 Å². The monoisotopic (exact) mass is 519 g/mol. The number of thioether (sulfide) groups is 1. The van der Waals surface area contributed by atoms with Crippen LogP contribution in [0.4, 0.5) is 11.5 Å². The van der Waals surface area contributed by atoms with Crippen molar-refractivity contribution in [3.8, 4) is 5.69 Å². The SMILES string of the molecule is CC(=[N-])N(C)CCN(C)c1cc(/C=C2\Sc3cccc4c3N2CCC4)c2ccccc2[n+]1-c1ccccc1. The molecule has 0 unspecified atom stereocenters. The number of anilines is 2. The van der Waals surface area contributed by atoms with Crippen molar-refractivity contribution >= 4 is 46.1 Å². The molecule has 4 aromatic rings. The second-order valence-corrected chi connectivity index (χ2v) is 11.2. The van der Waals surface area contributed by atoms with Crippen molar-refractivity contribution in [1.29, 1.82) is 0 Å². The number of aryl methyl sites for hydroxylation is 1. The molecule has 0 spiro atoms. The number of fused-ring (bicyclic) bond motifs is 1. The van der Waals surface area contributed by atoms with Gasteiger partial charge in [-0.05, 0) is 67.8 Å². The lowest BCUT2D eigenvalue weighted by molar-refractivity contribution is -0.553. The van der Waals surface area contributed by atoms with Gasteiger partial charge < -0.3 is 15.2 Å². The molecule has 0 saturated heterocycles. The zero-order valence-electron chi connectivity index (χ0n) is 22.3. The highest BCUT2D eigenvalue weighted by Gasteiger charge is 2.30. The summed E-state index contributed by atoms with van der Waals surface area (Å²) in [4.78, 5) is 8.05. The lowest BCUT2D eigenvalue weighted by atomic mass is 10.0. The van der Waals surface area contributed by atoms with E-state index in [-0.39, 0.29) is 0 Å². The van der Waals surface area contributed by atoms with Crippen LogP contribution in [0.25, 0.3) is 28.1 Å². The number of hydrogen-bond donors (Lipinski definition) is 0. The summed E-state index contributed by atoms with van der Waals surface area (Å²) in [5.74, 6) is 1.45. The van der Waals surface area contributed by atoms with Gasteiger partial charge in [-0.15, -0.1) is 0 Å². The molecule has 2 aliphatic heterocycles. The normalized spacial score (nSPS) is 15.1. The highest BCUT2D eigenvalue weighted by Crippen LogP contribution is 2.50. The van der Waals surface area contributed by atoms with Crippen molar-refractivity contribution in [2.75, 3.05) is 43.5 Å². The molecule has 1 aromatic heterocycles. The van der Waals surface area contributed by atoms with Crippen LogP contribution in [-0.4, -0.2) is 44.5 Å². The van der Waals surface area contributed by atoms with Gasteiger partial charge >= 0.3 is 0 Å². The Morgan fingerprint density at radius 2 is 1.79 bits per heavy atom. The predicted molar refractivity (Wildman–Crippen MR) is 161 cm³/mol. The molecule has 0 radical (unpaired) electrons. The van der Waals surface area contributed by atoms with Crippen LogP contribution in [0.2, 0.25) is 0 Å². The number of benzene rings is 3. The number of hydrogen-bond acceptors (Lipinski definition) is 3. The van der Waals surface area contributed by atoms with E-state index in [1.807, 2.05) is 23.7 Å². The standard InChI is InChI=1S/C32H33N5S/c1-23(33)34(2)19-20-35(3)30-21-25(22-31-36-18-10-12-24-11-9-17-29(38-31)32(24)36)27-15-7-8-16-28(27)37(30)26-13-5-4-6-14-26/h4-9,11,13-17,21-22H,10,12,18-20H2,1-3H3. The maximum Gasteiger partial charge on any atom is 0.282 e. The van der Waals surface area contributed by atoms with E-state index in [0.717, 1.165) is 37.6 Å². The summed E-state index contributed by atoms with van der Waals surface area (Å²) in [7, 11) is 4.06. The van der Waals surface area contributed by atoms with Gasteiger partial charge in [-0.3, -0.25) is 4.90 Å². The van der Waals surface area contributed by atoms with E-state index in [4.69, 9.17) is 0 Å². The minimum absolute atomic E-state index is 0.331. The van der Waals surface area contributed by atoms with Gasteiger partial charge in [0.25, 0.3) is 5.82 Å². The highest BCUT2D eigenvalue weighted by molar-refractivity contribution is 8.03. The maximum atomic E-state index is 9.93. The first-order valence-electron chi connectivity index (χ1n) is 13.3. The van der Waals surface area contributed by atoms with Gasteiger partial charge in [0.15, 0.2) is 0 Å². The minimum Gasteiger partial charge on any atom is -0.471 e. The van der Waals surface area contributed by atoms with Gasteiger partial charge in [0, 0.05) is 22.9 Å². The van der Waals surface area contributed by atoms with E-state index in [2.05, 4.69) is 106 Å². The number of pyridine rings is 1. The Hall–Kier alpha value is -3.77. The van der Waals surface area contributed by atoms with Gasteiger partial charge in [-0.2, -0.15) is 4.57 Å². The number of rotatable bonds is 6. The van der Waals surface area contributed by atoms with Crippen LogP contribution in [0, 0.1) is 0 Å². The molecular formula is C32H33N5S. The Morgan fingerprint density at radius 1 is 1.00 bits per heavy atom. The van der Waals surface area contributed by atoms with Crippen LogP contribution in [0.3, 0.4) is 0 Å². The second-order valence-electron chi connectivity index (χ2n) is 10.1. The number of nitrogens with zero attached hydrogens (tertiary/aromatic N) is 5. The van der Waals surface area contributed by atoms with Crippen LogP contribution >= 0.6 is 11.8 Å². The van der Waals surface area contributed by atoms with Gasteiger partial charge in [0.05, 0.1) is 24.3 Å². The van der Waals surface area contributed by atoms with Crippen LogP contribution in [0.1, 0.15) is 24.5 Å². The Labute approximate surface area is 229 Å². The summed E-state index contributed by atoms with van der Waals surface area (Å²) in [5, 5.41) is 12.5. The second kappa shape index (κ2) is 10.2. The van der Waals surface area contributed by atoms with Gasteiger partial charge in [-0.1, -0.05) is 73.2 Å². The molecule has 0 aliphatic carbocycles. The molecular weight excluding hydrogens is 486 g/mol. The molecule has 3 aromatic carbocycles. The number of aromatic nitrogens is 1. The lowest BCUT2D eigenvalue weighted by Gasteiger charge is -2.28. The van der Waals surface area contributed by atoms with Crippen molar-refractivity contribution in [1.82, 2.24) is 4.90 Å². The Morgan fingerprint density at radius 3 is 2.61 bits per heavy atom. The number of likely N-dealkylation sites (N-methyl/N-ethyl adjacent to an activating group) is 2. The number of amidine groups is 1. The Kier molecular flexibility index (Phi) is 6.58. The minimum atomic E-state index is 0.331. The molecule has 0 saturated carbocycles. The molecule has 6 heteroatoms. The van der Waals surface area contributed by atoms with Crippen LogP contribution < -0.4 is 14.4 Å². The summed E-state index contributed by atoms with van der Waals surface area (Å²) in [6, 6.07) is 28.3. The molecule has 0 fully saturated rings. The van der Waals surface area contributed by atoms with Gasteiger partial charge in [0.2, 0.25) is 0 Å². The van der Waals surface area contributed by atoms with Crippen molar-refractivity contribution in [2.24, 2.45) is 0 Å². The Bertz CT molecular complexity index is 1540. The van der Waals surface area contributed by atoms with E-state index in [9.17, 15) is 5.41 Å². The predicted octanol–water partition coefficient (Wildman–Crippen LogP) is 6.33. The van der Waals surface area contributed by atoms with Crippen molar-refractivity contribution < 1.29 is 4.57 Å². The molecule has 2 aliphatic rings. The third-order valence-electron chi connectivity index (χ3n) is 7.64. The van der Waals surface area contributed by atoms with Gasteiger partial charge in [0.1, 0.15) is 11.2 Å². The van der Waals surface area contributed by atoms with E-state index < -0.39 is 0 Å². The molecule has 6 rings (SSSR count). The maximum absolute atomic E-state index is 9.93. The number of para-hydroxylation sites is 3. The van der Waals surface area contributed by atoms with Crippen molar-refractivity contribution in [3.63, 3.8) is 0 Å². The average molecular weight is 520 g/mol. The summed E-state index contributed by atoms with van der Waals surface area (Å²) in [6.45, 7) is 4.28. The molecule has 0 amide bonds. The van der Waals surface area contributed by atoms with Crippen molar-refractivity contribution in [2.45, 2.75) is 24.7 Å². The zero-order valence-corrected chi connectivity index (χ0v) is 23.1. The highest BCUT2D eigenvalue weighted by atomic mass is 32.2. The van der Waals surface area contributed by atoms with Crippen LogP contribution in [0.15, 0.2) is 88.8 Å². The quantitative estimate of drug-likeness (QED) is 0.169. The first-order valence-corrected chi connectivity index (χ1v) is 14.1. The van der Waals surface area contributed by atoms with Crippen LogP contribution in [-0.2, 0) is 6.42 Å². The molecule has 0 N–H and O–H groups in total. The van der Waals surface area contributed by atoms with Crippen molar-refractivity contribution in [3.05, 3.63) is 100 Å². The fourth-order valence-electron chi connectivity index (χ4n) is 5.47. The third-order valence-corrected chi connectivity index (χ3v) is 8.73. The molecule has 3 heterocycles. The molecule has 38 heavy (non-hydrogen) atoms. The third kappa shape index (κ3) is 4.43. The largest absolute Gasteiger partial charge is 0.471 e. The molecule has 0 bridgehead atoms. The zero-order chi connectivity index (χ0) is 26.2. The summed E-state index contributed by atoms with van der Waals surface area (Å²) in [6.07, 6.45) is 4.72. The summed E-state index contributed by atoms with van der Waals surface area (Å²) < 4.78 is 2.35. The first kappa shape index (κ1) is 24.6. The Balaban J connectivity index is 1.50. The smallest absolute Gasteiger partial charge is 0.282 e. The van der Waals surface area contributed by atoms with Crippen LogP contribution in [0.5, 0.6) is 0 Å². The van der Waals surface area contributed by atoms with Gasteiger partial charge in [-0.25, -0.2) is 0 Å². The van der Waals surface area contributed by atoms with E-state index >= 15 is 0 Å². The topological polar surface area (TPSA) is 35.9 Å². The van der Waals surface area contributed by atoms with E-state index in [1.54, 1.807) is 6.92 Å². The summed E-state index contributed by atoms with van der Waals surface area (Å²) in [5.41, 5.74) is 6.39.